The van der Waals surface area contributed by atoms with Gasteiger partial charge in [0, 0.05) is 25.6 Å². The highest BCUT2D eigenvalue weighted by molar-refractivity contribution is 5.83. The number of carbonyl (C=O) groups excluding carboxylic acids is 1. The first-order valence-electron chi connectivity index (χ1n) is 7.02. The van der Waals surface area contributed by atoms with Crippen molar-refractivity contribution in [3.05, 3.63) is 0 Å². The fraction of sp³-hybridized carbons (Fsp3) is 0.846. The van der Waals surface area contributed by atoms with E-state index in [2.05, 4.69) is 6.92 Å². The Morgan fingerprint density at radius 1 is 1.37 bits per heavy atom. The summed E-state index contributed by atoms with van der Waals surface area (Å²) < 4.78 is 0. The third-order valence-electron chi connectivity index (χ3n) is 3.80. The van der Waals surface area contributed by atoms with E-state index in [-0.39, 0.29) is 25.0 Å². The largest absolute Gasteiger partial charge is 0.480 e. The number of carbonyl (C=O) groups is 2. The van der Waals surface area contributed by atoms with Gasteiger partial charge in [-0.1, -0.05) is 13.3 Å². The Labute approximate surface area is 113 Å². The minimum atomic E-state index is -1.03. The van der Waals surface area contributed by atoms with E-state index in [0.717, 1.165) is 25.7 Å². The van der Waals surface area contributed by atoms with Crippen molar-refractivity contribution in [2.24, 2.45) is 0 Å². The van der Waals surface area contributed by atoms with Gasteiger partial charge in [-0.05, 0) is 19.3 Å². The topological polar surface area (TPSA) is 81.1 Å². The van der Waals surface area contributed by atoms with Crippen LogP contribution in [0, 0.1) is 0 Å². The molecule has 0 aromatic rings. The highest BCUT2D eigenvalue weighted by atomic mass is 16.4. The number of nitrogens with zero attached hydrogens (tertiary/aromatic N) is 2. The predicted octanol–water partition coefficient (Wildman–Crippen LogP) is 0.891. The standard InChI is InChI=1S/C13H22N2O4/c1-2-3-6-14(9-4-5-9)13(19)15-8-10(16)7-11(15)12(17)18/h9-11,16H,2-8H2,1H3,(H,17,18)/t10-,11-/m0/s1. The fourth-order valence-electron chi connectivity index (χ4n) is 2.57. The molecule has 6 heteroatoms. The molecular formula is C13H22N2O4. The van der Waals surface area contributed by atoms with Gasteiger partial charge < -0.3 is 20.0 Å². The van der Waals surface area contributed by atoms with Crippen molar-refractivity contribution >= 4 is 12.0 Å². The number of carboxylic acid groups (broad SMARTS) is 1. The highest BCUT2D eigenvalue weighted by Gasteiger charge is 2.43. The molecule has 0 spiro atoms. The first kappa shape index (κ1) is 14.1. The van der Waals surface area contributed by atoms with Gasteiger partial charge in [0.25, 0.3) is 0 Å². The van der Waals surface area contributed by atoms with E-state index in [0.29, 0.717) is 6.54 Å². The molecule has 2 amide bonds. The number of aliphatic hydroxyl groups is 1. The number of rotatable bonds is 5. The van der Waals surface area contributed by atoms with Gasteiger partial charge in [-0.25, -0.2) is 9.59 Å². The molecule has 2 fully saturated rings. The smallest absolute Gasteiger partial charge is 0.326 e. The maximum absolute atomic E-state index is 12.5. The number of hydrogen-bond donors (Lipinski definition) is 2. The van der Waals surface area contributed by atoms with Crippen molar-refractivity contribution in [2.75, 3.05) is 13.1 Å². The van der Waals surface area contributed by atoms with Crippen LogP contribution in [-0.2, 0) is 4.79 Å². The van der Waals surface area contributed by atoms with E-state index in [1.807, 2.05) is 0 Å². The summed E-state index contributed by atoms with van der Waals surface area (Å²) in [6.45, 7) is 2.87. The summed E-state index contributed by atoms with van der Waals surface area (Å²) in [5, 5.41) is 18.7. The Hall–Kier alpha value is -1.30. The molecule has 2 rings (SSSR count). The molecule has 1 aliphatic heterocycles. The number of hydrogen-bond acceptors (Lipinski definition) is 3. The first-order valence-corrected chi connectivity index (χ1v) is 7.02. The van der Waals surface area contributed by atoms with Gasteiger partial charge in [-0.15, -0.1) is 0 Å². The maximum Gasteiger partial charge on any atom is 0.326 e. The molecule has 19 heavy (non-hydrogen) atoms. The number of β-amino-alcohol motifs (C(OH)–C–C–N with tert-alkyl or cyclic N) is 1. The number of likely N-dealkylation sites (tertiary alicyclic amines) is 1. The van der Waals surface area contributed by atoms with E-state index in [9.17, 15) is 14.7 Å². The molecule has 2 atom stereocenters. The van der Waals surface area contributed by atoms with E-state index in [1.165, 1.54) is 4.90 Å². The maximum atomic E-state index is 12.5. The van der Waals surface area contributed by atoms with Crippen LogP contribution in [0.2, 0.25) is 0 Å². The summed E-state index contributed by atoms with van der Waals surface area (Å²) in [5.74, 6) is -1.03. The van der Waals surface area contributed by atoms with Gasteiger partial charge in [0.2, 0.25) is 0 Å². The van der Waals surface area contributed by atoms with Crippen molar-refractivity contribution in [3.63, 3.8) is 0 Å². The number of amides is 2. The molecule has 2 N–H and O–H groups in total. The van der Waals surface area contributed by atoms with Gasteiger partial charge in [0.1, 0.15) is 6.04 Å². The molecule has 1 saturated heterocycles. The number of unbranched alkanes of at least 4 members (excludes halogenated alkanes) is 1. The third-order valence-corrected chi connectivity index (χ3v) is 3.80. The zero-order chi connectivity index (χ0) is 14.0. The normalized spacial score (nSPS) is 26.5. The molecule has 0 bridgehead atoms. The monoisotopic (exact) mass is 270 g/mol. The second-order valence-electron chi connectivity index (χ2n) is 5.46. The number of aliphatic carboxylic acids is 1. The Kier molecular flexibility index (Phi) is 4.29. The van der Waals surface area contributed by atoms with Crippen LogP contribution in [0.25, 0.3) is 0 Å². The van der Waals surface area contributed by atoms with E-state index in [1.54, 1.807) is 4.90 Å². The molecular weight excluding hydrogens is 248 g/mol. The van der Waals surface area contributed by atoms with Gasteiger partial charge in [-0.2, -0.15) is 0 Å². The van der Waals surface area contributed by atoms with Crippen LogP contribution < -0.4 is 0 Å². The summed E-state index contributed by atoms with van der Waals surface area (Å²) in [5.41, 5.74) is 0. The van der Waals surface area contributed by atoms with Crippen LogP contribution in [0.4, 0.5) is 4.79 Å². The average molecular weight is 270 g/mol. The third kappa shape index (κ3) is 3.18. The molecule has 0 radical (unpaired) electrons. The molecule has 2 aliphatic rings. The van der Waals surface area contributed by atoms with Gasteiger partial charge in [0.05, 0.1) is 6.10 Å². The summed E-state index contributed by atoms with van der Waals surface area (Å²) in [6.07, 6.45) is 3.34. The predicted molar refractivity (Wildman–Crippen MR) is 68.8 cm³/mol. The van der Waals surface area contributed by atoms with Crippen LogP contribution in [-0.4, -0.2) is 63.3 Å². The Bertz CT molecular complexity index is 357. The van der Waals surface area contributed by atoms with Crippen molar-refractivity contribution in [1.29, 1.82) is 0 Å². The zero-order valence-corrected chi connectivity index (χ0v) is 11.3. The van der Waals surface area contributed by atoms with E-state index in [4.69, 9.17) is 5.11 Å². The van der Waals surface area contributed by atoms with Crippen molar-refractivity contribution in [3.8, 4) is 0 Å². The van der Waals surface area contributed by atoms with E-state index < -0.39 is 18.1 Å². The molecule has 108 valence electrons. The van der Waals surface area contributed by atoms with Gasteiger partial charge >= 0.3 is 12.0 Å². The number of urea groups is 1. The molecule has 1 heterocycles. The SMILES string of the molecule is CCCCN(C(=O)N1C[C@@H](O)C[C@H]1C(=O)O)C1CC1. The van der Waals surface area contributed by atoms with Crippen LogP contribution in [0.15, 0.2) is 0 Å². The second-order valence-corrected chi connectivity index (χ2v) is 5.46. The van der Waals surface area contributed by atoms with Crippen LogP contribution >= 0.6 is 0 Å². The molecule has 6 nitrogen and oxygen atoms in total. The summed E-state index contributed by atoms with van der Waals surface area (Å²) in [7, 11) is 0. The summed E-state index contributed by atoms with van der Waals surface area (Å²) in [4.78, 5) is 26.7. The number of aliphatic hydroxyl groups excluding tert-OH is 1. The lowest BCUT2D eigenvalue weighted by molar-refractivity contribution is -0.141. The van der Waals surface area contributed by atoms with Crippen LogP contribution in [0.3, 0.4) is 0 Å². The highest BCUT2D eigenvalue weighted by Crippen LogP contribution is 2.30. The quantitative estimate of drug-likeness (QED) is 0.777. The van der Waals surface area contributed by atoms with Crippen LogP contribution in [0.1, 0.15) is 39.0 Å². The summed E-state index contributed by atoms with van der Waals surface area (Å²) >= 11 is 0. The first-order chi connectivity index (χ1) is 9.04. The lowest BCUT2D eigenvalue weighted by Crippen LogP contribution is -2.49. The van der Waals surface area contributed by atoms with Crippen LogP contribution in [0.5, 0.6) is 0 Å². The van der Waals surface area contributed by atoms with Gasteiger partial charge in [-0.3, -0.25) is 0 Å². The molecule has 0 unspecified atom stereocenters. The van der Waals surface area contributed by atoms with Crippen molar-refractivity contribution < 1.29 is 19.8 Å². The molecule has 1 aliphatic carbocycles. The van der Waals surface area contributed by atoms with E-state index >= 15 is 0 Å². The fourth-order valence-corrected chi connectivity index (χ4v) is 2.57. The van der Waals surface area contributed by atoms with Gasteiger partial charge in [0.15, 0.2) is 0 Å². The minimum absolute atomic E-state index is 0.130. The Morgan fingerprint density at radius 3 is 2.58 bits per heavy atom. The van der Waals surface area contributed by atoms with Crippen molar-refractivity contribution in [2.45, 2.75) is 57.2 Å². The Morgan fingerprint density at radius 2 is 2.05 bits per heavy atom. The summed E-state index contributed by atoms with van der Waals surface area (Å²) in [6, 6.07) is -0.837. The molecule has 0 aromatic carbocycles. The molecule has 0 aromatic heterocycles. The number of carboxylic acids is 1. The molecule has 1 saturated carbocycles. The van der Waals surface area contributed by atoms with Crippen molar-refractivity contribution in [1.82, 2.24) is 9.80 Å². The minimum Gasteiger partial charge on any atom is -0.480 e. The Balaban J connectivity index is 2.05. The zero-order valence-electron chi connectivity index (χ0n) is 11.3. The lowest BCUT2D eigenvalue weighted by atomic mass is 10.2. The lowest BCUT2D eigenvalue weighted by Gasteiger charge is -2.30. The average Bonchev–Trinajstić information content (AvgIpc) is 3.11. The second kappa shape index (κ2) is 5.77.